The predicted molar refractivity (Wildman–Crippen MR) is 110 cm³/mol. The van der Waals surface area contributed by atoms with Gasteiger partial charge < -0.3 is 15.8 Å². The van der Waals surface area contributed by atoms with Crippen molar-refractivity contribution in [1.82, 2.24) is 5.32 Å². The molecule has 5 nitrogen and oxygen atoms in total. The summed E-state index contributed by atoms with van der Waals surface area (Å²) in [4.78, 5) is 12.3. The maximum absolute atomic E-state index is 12.3. The zero-order chi connectivity index (χ0) is 17.0. The molecule has 0 aliphatic rings. The van der Waals surface area contributed by atoms with Gasteiger partial charge in [-0.05, 0) is 80.5 Å². The van der Waals surface area contributed by atoms with Gasteiger partial charge in [-0.1, -0.05) is 0 Å². The molecule has 0 atom stereocenters. The maximum Gasteiger partial charge on any atom is 0.257 e. The molecule has 0 heterocycles. The number of rotatable bonds is 3. The number of nitrogens with one attached hydrogen (secondary N) is 2. The topological polar surface area (TPSA) is 76.4 Å². The first-order chi connectivity index (χ1) is 10.9. The maximum atomic E-state index is 12.3. The minimum atomic E-state index is -0.331. The van der Waals surface area contributed by atoms with E-state index in [2.05, 4.69) is 42.5 Å². The van der Waals surface area contributed by atoms with Crippen LogP contribution in [0.15, 0.2) is 45.3 Å². The minimum Gasteiger partial charge on any atom is -0.494 e. The van der Waals surface area contributed by atoms with Crippen molar-refractivity contribution in [3.8, 4) is 5.75 Å². The van der Waals surface area contributed by atoms with E-state index < -0.39 is 0 Å². The lowest BCUT2D eigenvalue weighted by Crippen LogP contribution is -2.34. The molecule has 0 saturated carbocycles. The lowest BCUT2D eigenvalue weighted by Gasteiger charge is -2.12. The van der Waals surface area contributed by atoms with Gasteiger partial charge in [0.1, 0.15) is 5.75 Å². The normalized spacial score (nSPS) is 9.62. The molecule has 0 spiro atoms. The summed E-state index contributed by atoms with van der Waals surface area (Å²) in [6, 6.07) is 10.3. The summed E-state index contributed by atoms with van der Waals surface area (Å²) < 4.78 is 6.53. The number of carbonyl (C=O) groups excluding carboxylic acids is 1. The number of methoxy groups -OCH3 is 1. The van der Waals surface area contributed by atoms with E-state index in [1.165, 1.54) is 0 Å². The molecule has 0 unspecified atom stereocenters. The SMILES string of the molecule is COc1c(Br)cc(C(=O)NC(=S)Nc2ccc(N)cc2)cc1Br.Cl. The quantitative estimate of drug-likeness (QED) is 0.436. The Morgan fingerprint density at radius 2 is 1.71 bits per heavy atom. The highest BCUT2D eigenvalue weighted by atomic mass is 79.9. The third-order valence-electron chi connectivity index (χ3n) is 2.86. The van der Waals surface area contributed by atoms with E-state index in [9.17, 15) is 4.79 Å². The van der Waals surface area contributed by atoms with Crippen molar-refractivity contribution in [2.75, 3.05) is 18.2 Å². The van der Waals surface area contributed by atoms with E-state index in [4.69, 9.17) is 22.7 Å². The minimum absolute atomic E-state index is 0. The largest absolute Gasteiger partial charge is 0.494 e. The summed E-state index contributed by atoms with van der Waals surface area (Å²) in [7, 11) is 1.55. The number of halogens is 3. The van der Waals surface area contributed by atoms with Crippen LogP contribution in [0.4, 0.5) is 11.4 Å². The molecule has 0 radical (unpaired) electrons. The Bertz CT molecular complexity index is 734. The van der Waals surface area contributed by atoms with Crippen LogP contribution in [0.5, 0.6) is 5.75 Å². The smallest absolute Gasteiger partial charge is 0.257 e. The van der Waals surface area contributed by atoms with E-state index in [1.807, 2.05) is 0 Å². The fraction of sp³-hybridized carbons (Fsp3) is 0.0667. The highest BCUT2D eigenvalue weighted by molar-refractivity contribution is 9.11. The fourth-order valence-electron chi connectivity index (χ4n) is 1.79. The first kappa shape index (κ1) is 20.7. The average molecular weight is 496 g/mol. The number of carbonyl (C=O) groups is 1. The highest BCUT2D eigenvalue weighted by Gasteiger charge is 2.14. The molecular weight excluding hydrogens is 482 g/mol. The number of thiocarbonyl (C=S) groups is 1. The fourth-order valence-corrected chi connectivity index (χ4v) is 3.51. The van der Waals surface area contributed by atoms with Gasteiger partial charge in [-0.3, -0.25) is 10.1 Å². The number of amides is 1. The van der Waals surface area contributed by atoms with Crippen molar-refractivity contribution in [2.45, 2.75) is 0 Å². The van der Waals surface area contributed by atoms with Crippen LogP contribution in [0.3, 0.4) is 0 Å². The molecule has 24 heavy (non-hydrogen) atoms. The van der Waals surface area contributed by atoms with Crippen LogP contribution in [0.2, 0.25) is 0 Å². The first-order valence-corrected chi connectivity index (χ1v) is 8.41. The lowest BCUT2D eigenvalue weighted by atomic mass is 10.2. The predicted octanol–water partition coefficient (Wildman–Crippen LogP) is 4.35. The zero-order valence-electron chi connectivity index (χ0n) is 12.4. The van der Waals surface area contributed by atoms with Crippen LogP contribution in [0, 0.1) is 0 Å². The summed E-state index contributed by atoms with van der Waals surface area (Å²) in [5, 5.41) is 5.73. The van der Waals surface area contributed by atoms with Gasteiger partial charge in [0.15, 0.2) is 5.11 Å². The molecule has 128 valence electrons. The van der Waals surface area contributed by atoms with E-state index in [-0.39, 0.29) is 23.4 Å². The van der Waals surface area contributed by atoms with Crippen molar-refractivity contribution < 1.29 is 9.53 Å². The van der Waals surface area contributed by atoms with Crippen molar-refractivity contribution in [2.24, 2.45) is 0 Å². The van der Waals surface area contributed by atoms with E-state index in [0.717, 1.165) is 5.69 Å². The lowest BCUT2D eigenvalue weighted by molar-refractivity contribution is 0.0977. The zero-order valence-corrected chi connectivity index (χ0v) is 17.2. The Morgan fingerprint density at radius 1 is 1.17 bits per heavy atom. The second-order valence-electron chi connectivity index (χ2n) is 4.50. The molecule has 2 aromatic rings. The van der Waals surface area contributed by atoms with Crippen LogP contribution < -0.4 is 21.1 Å². The molecule has 2 aromatic carbocycles. The molecule has 0 aliphatic carbocycles. The molecule has 2 rings (SSSR count). The second-order valence-corrected chi connectivity index (χ2v) is 6.62. The number of benzene rings is 2. The molecule has 9 heteroatoms. The van der Waals surface area contributed by atoms with Gasteiger partial charge in [-0.25, -0.2) is 0 Å². The molecule has 0 aliphatic heterocycles. The van der Waals surface area contributed by atoms with Gasteiger partial charge in [0.05, 0.1) is 16.1 Å². The Balaban J connectivity index is 0.00000288. The molecule has 0 aromatic heterocycles. The van der Waals surface area contributed by atoms with Crippen molar-refractivity contribution in [1.29, 1.82) is 0 Å². The van der Waals surface area contributed by atoms with E-state index in [0.29, 0.717) is 25.9 Å². The van der Waals surface area contributed by atoms with Crippen molar-refractivity contribution >= 4 is 78.9 Å². The number of anilines is 2. The van der Waals surface area contributed by atoms with Gasteiger partial charge in [0.25, 0.3) is 5.91 Å². The average Bonchev–Trinajstić information content (AvgIpc) is 2.49. The van der Waals surface area contributed by atoms with Gasteiger partial charge in [-0.2, -0.15) is 0 Å². The summed E-state index contributed by atoms with van der Waals surface area (Å²) >= 11 is 11.9. The van der Waals surface area contributed by atoms with E-state index in [1.54, 1.807) is 43.5 Å². The van der Waals surface area contributed by atoms with Crippen LogP contribution in [-0.4, -0.2) is 18.1 Å². The Hall–Kier alpha value is -1.35. The summed E-state index contributed by atoms with van der Waals surface area (Å²) in [5.41, 5.74) is 7.44. The van der Waals surface area contributed by atoms with Gasteiger partial charge >= 0.3 is 0 Å². The van der Waals surface area contributed by atoms with Crippen molar-refractivity contribution in [3.63, 3.8) is 0 Å². The van der Waals surface area contributed by atoms with Gasteiger partial charge in [-0.15, -0.1) is 12.4 Å². The summed E-state index contributed by atoms with van der Waals surface area (Å²) in [6.45, 7) is 0. The molecule has 0 saturated heterocycles. The summed E-state index contributed by atoms with van der Waals surface area (Å²) in [6.07, 6.45) is 0. The number of nitrogens with two attached hydrogens (primary N) is 1. The van der Waals surface area contributed by atoms with Gasteiger partial charge in [0.2, 0.25) is 0 Å². The molecule has 0 fully saturated rings. The Morgan fingerprint density at radius 3 is 2.21 bits per heavy atom. The van der Waals surface area contributed by atoms with Crippen LogP contribution in [0.25, 0.3) is 0 Å². The highest BCUT2D eigenvalue weighted by Crippen LogP contribution is 2.34. The molecule has 0 bridgehead atoms. The second kappa shape index (κ2) is 9.22. The Labute approximate surface area is 168 Å². The first-order valence-electron chi connectivity index (χ1n) is 6.41. The van der Waals surface area contributed by atoms with Crippen LogP contribution in [0.1, 0.15) is 10.4 Å². The van der Waals surface area contributed by atoms with Crippen LogP contribution >= 0.6 is 56.5 Å². The number of ether oxygens (including phenoxy) is 1. The molecule has 4 N–H and O–H groups in total. The van der Waals surface area contributed by atoms with Crippen LogP contribution in [-0.2, 0) is 0 Å². The Kier molecular flexibility index (Phi) is 7.95. The molecular formula is C15H14Br2ClN3O2S. The number of hydrogen-bond donors (Lipinski definition) is 3. The van der Waals surface area contributed by atoms with Crippen molar-refractivity contribution in [3.05, 3.63) is 50.9 Å². The third kappa shape index (κ3) is 5.34. The number of nitrogen functional groups attached to an aromatic ring is 1. The number of hydrogen-bond acceptors (Lipinski definition) is 4. The summed E-state index contributed by atoms with van der Waals surface area (Å²) in [5.74, 6) is 0.283. The monoisotopic (exact) mass is 493 g/mol. The van der Waals surface area contributed by atoms with E-state index >= 15 is 0 Å². The van der Waals surface area contributed by atoms with Gasteiger partial charge in [0, 0.05) is 16.9 Å². The molecule has 1 amide bonds. The standard InChI is InChI=1S/C15H13Br2N3O2S.ClH/c1-22-13-11(16)6-8(7-12(13)17)14(21)20-15(23)19-10-4-2-9(18)3-5-10;/h2-7H,18H2,1H3,(H2,19,20,21,23);1H. The third-order valence-corrected chi connectivity index (χ3v) is 4.24.